The number of nitrogens with one attached hydrogen (secondary N) is 7. The number of furan rings is 4. The van der Waals surface area contributed by atoms with Crippen molar-refractivity contribution >= 4 is 80.4 Å². The van der Waals surface area contributed by atoms with E-state index < -0.39 is 6.08 Å². The van der Waals surface area contributed by atoms with Gasteiger partial charge in [0.2, 0.25) is 17.2 Å². The molecule has 1 aliphatic rings. The fourth-order valence-corrected chi connectivity index (χ4v) is 7.28. The first-order valence-corrected chi connectivity index (χ1v) is 22.9. The molecular formula is C47H43ClFN21O4. The number of aromatic amines is 3. The van der Waals surface area contributed by atoms with Gasteiger partial charge in [-0.1, -0.05) is 6.08 Å². The molecule has 27 heteroatoms. The highest BCUT2D eigenvalue weighted by molar-refractivity contribution is 6.28. The fraction of sp³-hybridized carbons (Fsp3) is 0.149. The van der Waals surface area contributed by atoms with Gasteiger partial charge in [-0.3, -0.25) is 4.57 Å². The number of H-pyrrole nitrogens is 3. The zero-order valence-corrected chi connectivity index (χ0v) is 40.0. The number of nitrogens with zero attached hydrogens (tertiary/aromatic N) is 14. The standard InChI is InChI=1S/C13H11N7O.C12H10ClN3O.C12H14N6O.C10H8FN5O/c1-2-9(21-5-1)6-15-11-10-12(17-7-16-10)19-13(18-11)20-4-3-14-8-20;13-12-15-10-5-1-4-9(10)11(16-12)14-7-8-3-2-6-17-8;1-18(2)12-16-10(9-11(17-12)15-7-14-9)13-6-8-4-3-5-19-8;11-10-15-8(7-9(16-10)14-5-13-7)12-4-6-2-1-3-17-6/h1-5,7-8H,6H2,(H2,15,16,17,18,19);1-3,5-6H,4,7H2,(H,14,15,16);3-5,7H,6H2,1-2H3,(H2,13,14,15,16,17);1-3,5H,4H2,(H2,12,13,14,15,16). The molecule has 0 fully saturated rings. The van der Waals surface area contributed by atoms with Crippen molar-refractivity contribution in [1.29, 1.82) is 0 Å². The molecule has 0 bridgehead atoms. The van der Waals surface area contributed by atoms with Crippen LogP contribution >= 0.6 is 11.6 Å². The highest BCUT2D eigenvalue weighted by atomic mass is 35.5. The van der Waals surface area contributed by atoms with E-state index in [1.165, 1.54) is 6.33 Å². The van der Waals surface area contributed by atoms with E-state index in [1.54, 1.807) is 67.1 Å². The maximum absolute atomic E-state index is 13.1. The van der Waals surface area contributed by atoms with Gasteiger partial charge in [-0.2, -0.15) is 34.3 Å². The van der Waals surface area contributed by atoms with Gasteiger partial charge in [0.15, 0.2) is 34.4 Å². The van der Waals surface area contributed by atoms with Gasteiger partial charge in [0.1, 0.15) is 51.7 Å². The highest BCUT2D eigenvalue weighted by Crippen LogP contribution is 2.27. The number of hydrogen-bond donors (Lipinski definition) is 7. The second-order valence-corrected chi connectivity index (χ2v) is 16.1. The van der Waals surface area contributed by atoms with E-state index in [1.807, 2.05) is 73.6 Å². The van der Waals surface area contributed by atoms with Gasteiger partial charge < -0.3 is 58.8 Å². The number of anilines is 5. The van der Waals surface area contributed by atoms with Crippen molar-refractivity contribution in [2.75, 3.05) is 40.3 Å². The first-order valence-electron chi connectivity index (χ1n) is 22.5. The van der Waals surface area contributed by atoms with E-state index in [2.05, 4.69) is 96.0 Å². The molecule has 0 spiro atoms. The summed E-state index contributed by atoms with van der Waals surface area (Å²) in [7, 11) is 3.79. The second kappa shape index (κ2) is 22.4. The predicted octanol–water partition coefficient (Wildman–Crippen LogP) is 7.97. The second-order valence-electron chi connectivity index (χ2n) is 15.8. The van der Waals surface area contributed by atoms with Gasteiger partial charge in [0.25, 0.3) is 0 Å². The van der Waals surface area contributed by atoms with E-state index in [-0.39, 0.29) is 5.28 Å². The monoisotopic (exact) mass is 1020 g/mol. The van der Waals surface area contributed by atoms with Crippen LogP contribution in [0.5, 0.6) is 0 Å². The lowest BCUT2D eigenvalue weighted by atomic mass is 10.2. The molecule has 12 heterocycles. The zero-order chi connectivity index (χ0) is 50.6. The quantitative estimate of drug-likeness (QED) is 0.0508. The molecule has 25 nitrogen and oxygen atoms in total. The molecule has 7 N–H and O–H groups in total. The van der Waals surface area contributed by atoms with Crippen LogP contribution in [0.2, 0.25) is 5.28 Å². The van der Waals surface area contributed by atoms with Crippen molar-refractivity contribution in [2.45, 2.75) is 32.6 Å². The number of halogens is 2. The first kappa shape index (κ1) is 47.7. The Morgan fingerprint density at radius 1 is 0.608 bits per heavy atom. The van der Waals surface area contributed by atoms with Gasteiger partial charge in [0, 0.05) is 32.1 Å². The van der Waals surface area contributed by atoms with Crippen molar-refractivity contribution in [3.8, 4) is 5.95 Å². The maximum Gasteiger partial charge on any atom is 0.312 e. The topological polar surface area (TPSA) is 311 Å². The molecule has 0 atom stereocenters. The number of fused-ring (bicyclic) bond motifs is 4. The average molecular weight is 1020 g/mol. The summed E-state index contributed by atoms with van der Waals surface area (Å²) >= 11 is 5.87. The van der Waals surface area contributed by atoms with Gasteiger partial charge in [-0.05, 0) is 72.6 Å². The van der Waals surface area contributed by atoms with Crippen LogP contribution < -0.4 is 26.2 Å². The van der Waals surface area contributed by atoms with E-state index in [0.717, 1.165) is 57.6 Å². The highest BCUT2D eigenvalue weighted by Gasteiger charge is 2.16. The third-order valence-electron chi connectivity index (χ3n) is 10.6. The maximum atomic E-state index is 13.1. The van der Waals surface area contributed by atoms with E-state index in [9.17, 15) is 4.39 Å². The Morgan fingerprint density at radius 3 is 1.61 bits per heavy atom. The molecule has 374 valence electrons. The van der Waals surface area contributed by atoms with Crippen LogP contribution in [0.25, 0.3) is 45.5 Å². The number of rotatable bonds is 14. The zero-order valence-electron chi connectivity index (χ0n) is 39.2. The molecular weight excluding hydrogens is 977 g/mol. The largest absolute Gasteiger partial charge is 0.467 e. The van der Waals surface area contributed by atoms with Gasteiger partial charge >= 0.3 is 6.08 Å². The fourth-order valence-electron chi connectivity index (χ4n) is 7.11. The minimum Gasteiger partial charge on any atom is -0.467 e. The molecule has 74 heavy (non-hydrogen) atoms. The SMILES string of the molecule is CN(C)c1nc(NCc2ccco2)c2[nH]cnc2n1.Clc1nc2c(c(NCc3ccco3)n1)CC=C2.Fc1nc(NCc2ccco2)c2[nH]cnc2n1.c1coc(CNc2nc(-n3ccnc3)nc3nc[nH]c23)c1. The third-order valence-corrected chi connectivity index (χ3v) is 10.8. The lowest BCUT2D eigenvalue weighted by molar-refractivity contribution is 0.516. The Bertz CT molecular complexity index is 3690. The Morgan fingerprint density at radius 2 is 1.11 bits per heavy atom. The van der Waals surface area contributed by atoms with Crippen LogP contribution in [0.15, 0.2) is 135 Å². The van der Waals surface area contributed by atoms with Gasteiger partial charge in [-0.25, -0.2) is 29.9 Å². The summed E-state index contributed by atoms with van der Waals surface area (Å²) in [5.74, 6) is 6.90. The number of allylic oxidation sites excluding steroid dienone is 1. The lowest BCUT2D eigenvalue weighted by Crippen LogP contribution is -2.14. The molecule has 0 unspecified atom stereocenters. The van der Waals surface area contributed by atoms with Crippen molar-refractivity contribution in [1.82, 2.24) is 79.3 Å². The van der Waals surface area contributed by atoms with Gasteiger partial charge in [0.05, 0.1) is 75.9 Å². The molecule has 0 amide bonds. The van der Waals surface area contributed by atoms with Crippen LogP contribution in [-0.4, -0.2) is 93.4 Å². The molecule has 0 aromatic carbocycles. The van der Waals surface area contributed by atoms with Crippen molar-refractivity contribution < 1.29 is 22.1 Å². The van der Waals surface area contributed by atoms with Crippen LogP contribution in [0.1, 0.15) is 34.3 Å². The van der Waals surface area contributed by atoms with Crippen molar-refractivity contribution in [3.63, 3.8) is 0 Å². The van der Waals surface area contributed by atoms with E-state index in [4.69, 9.17) is 29.3 Å². The minimum absolute atomic E-state index is 0.261. The van der Waals surface area contributed by atoms with Crippen LogP contribution in [0, 0.1) is 6.08 Å². The average Bonchev–Trinajstić information content (AvgIpc) is 4.25. The summed E-state index contributed by atoms with van der Waals surface area (Å²) in [4.78, 5) is 60.3. The summed E-state index contributed by atoms with van der Waals surface area (Å²) < 4.78 is 35.8. The Balaban J connectivity index is 0.000000113. The van der Waals surface area contributed by atoms with Crippen LogP contribution in [0.4, 0.5) is 33.6 Å². The smallest absolute Gasteiger partial charge is 0.312 e. The van der Waals surface area contributed by atoms with Crippen molar-refractivity contribution in [3.05, 3.63) is 163 Å². The van der Waals surface area contributed by atoms with Crippen LogP contribution in [0.3, 0.4) is 0 Å². The van der Waals surface area contributed by atoms with Gasteiger partial charge in [-0.15, -0.1) is 0 Å². The number of hydrogen-bond acceptors (Lipinski definition) is 21. The normalized spacial score (nSPS) is 11.4. The number of aromatic nitrogens is 16. The molecule has 0 aliphatic heterocycles. The molecule has 12 aromatic heterocycles. The summed E-state index contributed by atoms with van der Waals surface area (Å²) in [5.41, 5.74) is 5.61. The first-order chi connectivity index (χ1) is 36.3. The predicted molar refractivity (Wildman–Crippen MR) is 270 cm³/mol. The summed E-state index contributed by atoms with van der Waals surface area (Å²) in [5, 5.41) is 12.9. The third kappa shape index (κ3) is 11.6. The Kier molecular flexibility index (Phi) is 14.4. The molecule has 12 aromatic rings. The summed E-state index contributed by atoms with van der Waals surface area (Å²) in [6, 6.07) is 14.9. The molecule has 1 aliphatic carbocycles. The van der Waals surface area contributed by atoms with Crippen molar-refractivity contribution in [2.24, 2.45) is 0 Å². The van der Waals surface area contributed by atoms with E-state index in [0.29, 0.717) is 78.0 Å². The molecule has 0 saturated carbocycles. The number of imidazole rings is 4. The Hall–Kier alpha value is -9.98. The summed E-state index contributed by atoms with van der Waals surface area (Å²) in [6.45, 7) is 2.09. The molecule has 13 rings (SSSR count). The minimum atomic E-state index is -0.813. The summed E-state index contributed by atoms with van der Waals surface area (Å²) in [6.07, 6.45) is 20.3. The Labute approximate surface area is 422 Å². The molecule has 0 saturated heterocycles. The van der Waals surface area contributed by atoms with E-state index >= 15 is 0 Å². The molecule has 0 radical (unpaired) electrons. The lowest BCUT2D eigenvalue weighted by Gasteiger charge is -2.12. The van der Waals surface area contributed by atoms with Crippen LogP contribution in [-0.2, 0) is 32.6 Å².